The van der Waals surface area contributed by atoms with Crippen molar-refractivity contribution in [3.8, 4) is 0 Å². The molecule has 1 atom stereocenters. The van der Waals surface area contributed by atoms with Crippen LogP contribution in [-0.4, -0.2) is 17.3 Å². The molecule has 0 aliphatic carbocycles. The summed E-state index contributed by atoms with van der Waals surface area (Å²) >= 11 is 12.8. The number of hydrogen-bond donors (Lipinski definition) is 1. The van der Waals surface area contributed by atoms with E-state index in [0.717, 1.165) is 16.2 Å². The summed E-state index contributed by atoms with van der Waals surface area (Å²) in [7, 11) is 0. The summed E-state index contributed by atoms with van der Waals surface area (Å²) in [4.78, 5) is 12.2. The smallest absolute Gasteiger partial charge is 0.253 e. The Bertz CT molecular complexity index is 423. The number of alkyl halides is 1. The van der Waals surface area contributed by atoms with Crippen LogP contribution >= 0.6 is 43.5 Å². The fourth-order valence-corrected chi connectivity index (χ4v) is 2.69. The number of carbonyl (C=O) groups is 1. The number of rotatable bonds is 5. The molecule has 0 spiro atoms. The molecule has 0 bridgehead atoms. The highest BCUT2D eigenvalue weighted by molar-refractivity contribution is 9.10. The van der Waals surface area contributed by atoms with E-state index in [1.807, 2.05) is 6.07 Å². The fraction of sp³-hybridized carbons (Fsp3) is 0.462. The third-order valence-electron chi connectivity index (χ3n) is 2.74. The summed E-state index contributed by atoms with van der Waals surface area (Å²) in [6, 6.07) is 5.50. The second kappa shape index (κ2) is 7.51. The molecule has 0 aromatic heterocycles. The molecule has 18 heavy (non-hydrogen) atoms. The first-order chi connectivity index (χ1) is 8.47. The molecule has 1 aromatic rings. The molecule has 0 aliphatic rings. The van der Waals surface area contributed by atoms with Gasteiger partial charge < -0.3 is 5.32 Å². The van der Waals surface area contributed by atoms with Crippen LogP contribution in [-0.2, 0) is 0 Å². The van der Waals surface area contributed by atoms with Gasteiger partial charge in [0.2, 0.25) is 0 Å². The van der Waals surface area contributed by atoms with Gasteiger partial charge in [0.1, 0.15) is 0 Å². The van der Waals surface area contributed by atoms with Crippen LogP contribution in [0, 0.1) is 5.92 Å². The number of halogens is 3. The molecule has 100 valence electrons. The Labute approximate surface area is 130 Å². The molecule has 1 N–H and O–H groups in total. The summed E-state index contributed by atoms with van der Waals surface area (Å²) in [5.41, 5.74) is 0.506. The fourth-order valence-electron chi connectivity index (χ4n) is 1.62. The predicted molar refractivity (Wildman–Crippen MR) is 83.7 cm³/mol. The van der Waals surface area contributed by atoms with Gasteiger partial charge in [0.15, 0.2) is 0 Å². The normalized spacial score (nSPS) is 12.6. The quantitative estimate of drug-likeness (QED) is 0.721. The Kier molecular flexibility index (Phi) is 6.67. The van der Waals surface area contributed by atoms with Crippen molar-refractivity contribution in [1.29, 1.82) is 0 Å². The van der Waals surface area contributed by atoms with Crippen molar-refractivity contribution in [1.82, 2.24) is 5.32 Å². The monoisotopic (exact) mass is 395 g/mol. The number of nitrogens with one attached hydrogen (secondary N) is 1. The maximum absolute atomic E-state index is 12.2. The van der Waals surface area contributed by atoms with E-state index in [2.05, 4.69) is 51.0 Å². The van der Waals surface area contributed by atoms with Gasteiger partial charge in [-0.25, -0.2) is 0 Å². The lowest BCUT2D eigenvalue weighted by atomic mass is 10.0. The number of hydrogen-bond acceptors (Lipinski definition) is 1. The van der Waals surface area contributed by atoms with Crippen LogP contribution in [0.3, 0.4) is 0 Å². The van der Waals surface area contributed by atoms with Crippen molar-refractivity contribution in [2.75, 3.05) is 5.33 Å². The third-order valence-corrected chi connectivity index (χ3v) is 4.49. The van der Waals surface area contributed by atoms with Crippen molar-refractivity contribution in [2.45, 2.75) is 26.3 Å². The summed E-state index contributed by atoms with van der Waals surface area (Å²) in [5.74, 6) is 0.262. The summed E-state index contributed by atoms with van der Waals surface area (Å²) < 4.78 is 0.735. The van der Waals surface area contributed by atoms with E-state index in [1.165, 1.54) is 0 Å². The molecule has 0 fully saturated rings. The van der Waals surface area contributed by atoms with Crippen LogP contribution in [0.15, 0.2) is 22.7 Å². The lowest BCUT2D eigenvalue weighted by molar-refractivity contribution is 0.0925. The van der Waals surface area contributed by atoms with E-state index in [-0.39, 0.29) is 11.9 Å². The number of benzene rings is 1. The minimum absolute atomic E-state index is 0.124. The zero-order valence-electron chi connectivity index (χ0n) is 10.3. The molecule has 1 rings (SSSR count). The van der Waals surface area contributed by atoms with Gasteiger partial charge in [0.05, 0.1) is 10.6 Å². The Morgan fingerprint density at radius 1 is 1.44 bits per heavy atom. The van der Waals surface area contributed by atoms with E-state index < -0.39 is 0 Å². The molecule has 1 aromatic carbocycles. The van der Waals surface area contributed by atoms with Crippen molar-refractivity contribution in [3.63, 3.8) is 0 Å². The van der Waals surface area contributed by atoms with Gasteiger partial charge in [-0.2, -0.15) is 0 Å². The van der Waals surface area contributed by atoms with Gasteiger partial charge in [0, 0.05) is 15.8 Å². The molecular formula is C13H16Br2ClNO. The van der Waals surface area contributed by atoms with Crippen LogP contribution in [0.5, 0.6) is 0 Å². The lowest BCUT2D eigenvalue weighted by Crippen LogP contribution is -2.39. The Hall–Kier alpha value is -0.0600. The number of carbonyl (C=O) groups excluding carboxylic acids is 1. The largest absolute Gasteiger partial charge is 0.349 e. The standard InChI is InChI=1S/C13H16Br2ClNO/c1-8(2)11(6-7-14)17-13(18)9-4-3-5-10(15)12(9)16/h3-5,8,11H,6-7H2,1-2H3,(H,17,18). The van der Waals surface area contributed by atoms with E-state index >= 15 is 0 Å². The van der Waals surface area contributed by atoms with E-state index in [0.29, 0.717) is 16.5 Å². The first kappa shape index (κ1) is 16.0. The predicted octanol–water partition coefficient (Wildman–Crippen LogP) is 4.64. The van der Waals surface area contributed by atoms with Crippen LogP contribution in [0.25, 0.3) is 0 Å². The molecule has 1 unspecified atom stereocenters. The Balaban J connectivity index is 2.84. The number of amides is 1. The highest BCUT2D eigenvalue weighted by atomic mass is 79.9. The second-order valence-electron chi connectivity index (χ2n) is 4.40. The Morgan fingerprint density at radius 2 is 2.11 bits per heavy atom. The van der Waals surface area contributed by atoms with Crippen LogP contribution in [0.4, 0.5) is 0 Å². The highest BCUT2D eigenvalue weighted by Crippen LogP contribution is 2.26. The van der Waals surface area contributed by atoms with Crippen molar-refractivity contribution >= 4 is 49.4 Å². The Morgan fingerprint density at radius 3 is 2.67 bits per heavy atom. The van der Waals surface area contributed by atoms with Crippen molar-refractivity contribution in [2.24, 2.45) is 5.92 Å². The minimum Gasteiger partial charge on any atom is -0.349 e. The van der Waals surface area contributed by atoms with Crippen LogP contribution in [0.2, 0.25) is 5.02 Å². The first-order valence-corrected chi connectivity index (χ1v) is 8.07. The van der Waals surface area contributed by atoms with Gasteiger partial charge >= 0.3 is 0 Å². The van der Waals surface area contributed by atoms with Gasteiger partial charge in [-0.05, 0) is 40.4 Å². The molecule has 2 nitrogen and oxygen atoms in total. The first-order valence-electron chi connectivity index (χ1n) is 5.78. The molecule has 0 aliphatic heterocycles. The summed E-state index contributed by atoms with van der Waals surface area (Å²) in [5, 5.41) is 4.35. The average Bonchev–Trinajstić information content (AvgIpc) is 2.31. The van der Waals surface area contributed by atoms with E-state index in [4.69, 9.17) is 11.6 Å². The molecule has 5 heteroatoms. The lowest BCUT2D eigenvalue weighted by Gasteiger charge is -2.22. The highest BCUT2D eigenvalue weighted by Gasteiger charge is 2.18. The average molecular weight is 398 g/mol. The summed E-state index contributed by atoms with van der Waals surface area (Å²) in [6.07, 6.45) is 0.898. The molecular weight excluding hydrogens is 381 g/mol. The zero-order chi connectivity index (χ0) is 13.7. The maximum atomic E-state index is 12.2. The van der Waals surface area contributed by atoms with E-state index in [1.54, 1.807) is 12.1 Å². The minimum atomic E-state index is -0.124. The molecule has 0 radical (unpaired) electrons. The zero-order valence-corrected chi connectivity index (χ0v) is 14.3. The van der Waals surface area contributed by atoms with Gasteiger partial charge in [-0.3, -0.25) is 4.79 Å². The van der Waals surface area contributed by atoms with Gasteiger partial charge in [-0.15, -0.1) is 0 Å². The van der Waals surface area contributed by atoms with Crippen molar-refractivity contribution in [3.05, 3.63) is 33.3 Å². The maximum Gasteiger partial charge on any atom is 0.253 e. The van der Waals surface area contributed by atoms with Crippen LogP contribution < -0.4 is 5.32 Å². The topological polar surface area (TPSA) is 29.1 Å². The molecule has 0 saturated heterocycles. The molecule has 1 amide bonds. The molecule has 0 saturated carbocycles. The third kappa shape index (κ3) is 4.25. The van der Waals surface area contributed by atoms with Crippen LogP contribution in [0.1, 0.15) is 30.6 Å². The van der Waals surface area contributed by atoms with Gasteiger partial charge in [-0.1, -0.05) is 47.4 Å². The summed E-state index contributed by atoms with van der Waals surface area (Å²) in [6.45, 7) is 4.19. The van der Waals surface area contributed by atoms with Gasteiger partial charge in [0.25, 0.3) is 5.91 Å². The van der Waals surface area contributed by atoms with Crippen molar-refractivity contribution < 1.29 is 4.79 Å². The molecule has 0 heterocycles. The second-order valence-corrected chi connectivity index (χ2v) is 6.43. The SMILES string of the molecule is CC(C)C(CCBr)NC(=O)c1cccc(Br)c1Cl. The van der Waals surface area contributed by atoms with E-state index in [9.17, 15) is 4.79 Å².